The molecule has 154 valence electrons. The minimum absolute atomic E-state index is 0.0317. The molecule has 1 aliphatic carbocycles. The second-order valence-corrected chi connectivity index (χ2v) is 8.15. The van der Waals surface area contributed by atoms with Crippen LogP contribution in [0.5, 0.6) is 17.4 Å². The first-order valence-corrected chi connectivity index (χ1v) is 10.5. The van der Waals surface area contributed by atoms with Crippen LogP contribution in [0.25, 0.3) is 11.1 Å². The SMILES string of the molecule is C[C@H]1CC[C@H](Nc2ncc(-c3ccc4c(c3)OCCO4)c(OC3COC3)n2)CC1. The Bertz CT molecular complexity index is 863. The molecule has 0 bridgehead atoms. The standard InChI is InChI=1S/C22H27N3O4/c1-14-2-5-16(6-3-14)24-22-23-11-18(21(25-22)29-17-12-26-13-17)15-4-7-19-20(10-15)28-9-8-27-19/h4,7,10-11,14,16-17H,2-3,5-6,8-9,12-13H2,1H3,(H,23,24,25)/t14-,16-. The van der Waals surface area contributed by atoms with Crippen LogP contribution in [-0.2, 0) is 4.74 Å². The van der Waals surface area contributed by atoms with Crippen molar-refractivity contribution in [1.82, 2.24) is 9.97 Å². The summed E-state index contributed by atoms with van der Waals surface area (Å²) in [6.07, 6.45) is 6.67. The molecule has 3 heterocycles. The number of hydrogen-bond donors (Lipinski definition) is 1. The van der Waals surface area contributed by atoms with Gasteiger partial charge >= 0.3 is 0 Å². The van der Waals surface area contributed by atoms with Gasteiger partial charge in [0.25, 0.3) is 0 Å². The maximum atomic E-state index is 6.14. The van der Waals surface area contributed by atoms with Crippen molar-refractivity contribution in [3.8, 4) is 28.5 Å². The summed E-state index contributed by atoms with van der Waals surface area (Å²) in [4.78, 5) is 9.31. The number of hydrogen-bond acceptors (Lipinski definition) is 7. The van der Waals surface area contributed by atoms with E-state index in [4.69, 9.17) is 23.9 Å². The lowest BCUT2D eigenvalue weighted by Gasteiger charge is -2.28. The fraction of sp³-hybridized carbons (Fsp3) is 0.545. The van der Waals surface area contributed by atoms with E-state index in [1.54, 1.807) is 0 Å². The second kappa shape index (κ2) is 8.06. The van der Waals surface area contributed by atoms with E-state index in [0.717, 1.165) is 41.4 Å². The summed E-state index contributed by atoms with van der Waals surface area (Å²) in [7, 11) is 0. The number of fused-ring (bicyclic) bond motifs is 1. The molecule has 0 spiro atoms. The average molecular weight is 397 g/mol. The molecule has 1 N–H and O–H groups in total. The van der Waals surface area contributed by atoms with Gasteiger partial charge in [0.05, 0.1) is 18.8 Å². The van der Waals surface area contributed by atoms with Crippen LogP contribution < -0.4 is 19.5 Å². The van der Waals surface area contributed by atoms with E-state index in [1.807, 2.05) is 24.4 Å². The van der Waals surface area contributed by atoms with Crippen molar-refractivity contribution in [2.75, 3.05) is 31.7 Å². The summed E-state index contributed by atoms with van der Waals surface area (Å²) < 4.78 is 22.8. The van der Waals surface area contributed by atoms with Gasteiger partial charge in [-0.15, -0.1) is 0 Å². The van der Waals surface area contributed by atoms with Crippen molar-refractivity contribution < 1.29 is 18.9 Å². The molecule has 29 heavy (non-hydrogen) atoms. The summed E-state index contributed by atoms with van der Waals surface area (Å²) in [5.74, 6) is 3.52. The molecule has 5 rings (SSSR count). The first-order chi connectivity index (χ1) is 14.2. The first-order valence-electron chi connectivity index (χ1n) is 10.5. The highest BCUT2D eigenvalue weighted by Crippen LogP contribution is 2.38. The third-order valence-electron chi connectivity index (χ3n) is 5.84. The number of benzene rings is 1. The van der Waals surface area contributed by atoms with E-state index in [1.165, 1.54) is 12.8 Å². The van der Waals surface area contributed by atoms with E-state index in [9.17, 15) is 0 Å². The molecule has 1 saturated heterocycles. The van der Waals surface area contributed by atoms with Crippen LogP contribution in [0.15, 0.2) is 24.4 Å². The Morgan fingerprint density at radius 3 is 2.59 bits per heavy atom. The Morgan fingerprint density at radius 2 is 1.83 bits per heavy atom. The zero-order chi connectivity index (χ0) is 19.6. The Balaban J connectivity index is 1.41. The van der Waals surface area contributed by atoms with Crippen LogP contribution in [0.2, 0.25) is 0 Å². The number of rotatable bonds is 5. The van der Waals surface area contributed by atoms with Gasteiger partial charge in [-0.3, -0.25) is 0 Å². The lowest BCUT2D eigenvalue weighted by molar-refractivity contribution is -0.0810. The maximum Gasteiger partial charge on any atom is 0.226 e. The third kappa shape index (κ3) is 4.10. The zero-order valence-corrected chi connectivity index (χ0v) is 16.7. The van der Waals surface area contributed by atoms with Crippen LogP contribution >= 0.6 is 0 Å². The van der Waals surface area contributed by atoms with Crippen molar-refractivity contribution in [2.45, 2.75) is 44.8 Å². The topological polar surface area (TPSA) is 74.7 Å². The number of nitrogens with one attached hydrogen (secondary N) is 1. The van der Waals surface area contributed by atoms with Crippen LogP contribution in [0.3, 0.4) is 0 Å². The first kappa shape index (κ1) is 18.5. The third-order valence-corrected chi connectivity index (χ3v) is 5.84. The van der Waals surface area contributed by atoms with E-state index in [-0.39, 0.29) is 6.10 Å². The van der Waals surface area contributed by atoms with Gasteiger partial charge < -0.3 is 24.3 Å². The Kier molecular flexibility index (Phi) is 5.14. The van der Waals surface area contributed by atoms with Gasteiger partial charge in [0.15, 0.2) is 11.5 Å². The van der Waals surface area contributed by atoms with Crippen molar-refractivity contribution in [3.05, 3.63) is 24.4 Å². The normalized spacial score (nSPS) is 23.9. The van der Waals surface area contributed by atoms with Gasteiger partial charge in [-0.25, -0.2) is 4.98 Å². The van der Waals surface area contributed by atoms with E-state index in [0.29, 0.717) is 44.3 Å². The summed E-state index contributed by atoms with van der Waals surface area (Å²) in [6.45, 7) is 4.63. The molecular weight excluding hydrogens is 370 g/mol. The summed E-state index contributed by atoms with van der Waals surface area (Å²) in [6, 6.07) is 6.31. The number of aromatic nitrogens is 2. The minimum Gasteiger partial charge on any atom is -0.486 e. The monoisotopic (exact) mass is 397 g/mol. The lowest BCUT2D eigenvalue weighted by atomic mass is 9.87. The highest BCUT2D eigenvalue weighted by atomic mass is 16.6. The van der Waals surface area contributed by atoms with Gasteiger partial charge in [0, 0.05) is 12.2 Å². The van der Waals surface area contributed by atoms with Crippen molar-refractivity contribution in [3.63, 3.8) is 0 Å². The molecule has 1 saturated carbocycles. The van der Waals surface area contributed by atoms with Gasteiger partial charge in [-0.1, -0.05) is 13.0 Å². The molecule has 2 fully saturated rings. The molecule has 0 atom stereocenters. The molecular formula is C22H27N3O4. The molecule has 2 aliphatic heterocycles. The van der Waals surface area contributed by atoms with Gasteiger partial charge in [-0.2, -0.15) is 4.98 Å². The summed E-state index contributed by atoms with van der Waals surface area (Å²) in [5, 5.41) is 3.50. The van der Waals surface area contributed by atoms with E-state index in [2.05, 4.69) is 17.2 Å². The molecule has 1 aromatic heterocycles. The predicted octanol–water partition coefficient (Wildman–Crippen LogP) is 3.68. The molecule has 0 amide bonds. The number of nitrogens with zero attached hydrogens (tertiary/aromatic N) is 2. The largest absolute Gasteiger partial charge is 0.486 e. The lowest BCUT2D eigenvalue weighted by Crippen LogP contribution is -2.39. The van der Waals surface area contributed by atoms with Gasteiger partial charge in [-0.05, 0) is 49.3 Å². The molecule has 0 unspecified atom stereocenters. The average Bonchev–Trinajstić information content (AvgIpc) is 2.72. The van der Waals surface area contributed by atoms with Crippen LogP contribution in [0.4, 0.5) is 5.95 Å². The quantitative estimate of drug-likeness (QED) is 0.825. The molecule has 3 aliphatic rings. The van der Waals surface area contributed by atoms with Gasteiger partial charge in [0.1, 0.15) is 19.3 Å². The Hall–Kier alpha value is -2.54. The predicted molar refractivity (Wildman–Crippen MR) is 109 cm³/mol. The number of anilines is 1. The Labute approximate surface area is 170 Å². The smallest absolute Gasteiger partial charge is 0.226 e. The van der Waals surface area contributed by atoms with E-state index < -0.39 is 0 Å². The zero-order valence-electron chi connectivity index (χ0n) is 16.7. The van der Waals surface area contributed by atoms with Crippen molar-refractivity contribution >= 4 is 5.95 Å². The van der Waals surface area contributed by atoms with Crippen LogP contribution in [0, 0.1) is 5.92 Å². The molecule has 7 nitrogen and oxygen atoms in total. The summed E-state index contributed by atoms with van der Waals surface area (Å²) in [5.41, 5.74) is 1.79. The molecule has 0 radical (unpaired) electrons. The molecule has 2 aromatic rings. The Morgan fingerprint density at radius 1 is 1.03 bits per heavy atom. The van der Waals surface area contributed by atoms with Gasteiger partial charge in [0.2, 0.25) is 11.8 Å². The minimum atomic E-state index is 0.0317. The highest BCUT2D eigenvalue weighted by molar-refractivity contribution is 5.71. The van der Waals surface area contributed by atoms with Crippen molar-refractivity contribution in [1.29, 1.82) is 0 Å². The van der Waals surface area contributed by atoms with E-state index >= 15 is 0 Å². The summed E-state index contributed by atoms with van der Waals surface area (Å²) >= 11 is 0. The fourth-order valence-electron chi connectivity index (χ4n) is 3.96. The molecule has 7 heteroatoms. The second-order valence-electron chi connectivity index (χ2n) is 8.15. The fourth-order valence-corrected chi connectivity index (χ4v) is 3.96. The molecule has 1 aromatic carbocycles. The highest BCUT2D eigenvalue weighted by Gasteiger charge is 2.25. The maximum absolute atomic E-state index is 6.14. The van der Waals surface area contributed by atoms with Crippen molar-refractivity contribution in [2.24, 2.45) is 5.92 Å². The number of ether oxygens (including phenoxy) is 4. The van der Waals surface area contributed by atoms with Crippen LogP contribution in [-0.4, -0.2) is 48.5 Å². The van der Waals surface area contributed by atoms with Crippen LogP contribution in [0.1, 0.15) is 32.6 Å².